The number of fused-ring (bicyclic) bond motifs is 3. The molecule has 108 valence electrons. The molecule has 0 spiro atoms. The van der Waals surface area contributed by atoms with Crippen LogP contribution in [0, 0.1) is 0 Å². The smallest absolute Gasteiger partial charge is 0.155 e. The first-order chi connectivity index (χ1) is 9.63. The Balaban J connectivity index is 1.64. The molecule has 1 aromatic carbocycles. The topological polar surface area (TPSA) is 23.6 Å². The molecule has 3 aliphatic rings. The van der Waals surface area contributed by atoms with E-state index < -0.39 is 0 Å². The molecule has 0 aliphatic carbocycles. The molecular weight excluding hydrogens is 248 g/mol. The molecule has 0 saturated carbocycles. The lowest BCUT2D eigenvalue weighted by Crippen LogP contribution is -2.63. The molecule has 3 fully saturated rings. The monoisotopic (exact) mass is 272 g/mol. The average Bonchev–Trinajstić information content (AvgIpc) is 2.49. The van der Waals surface area contributed by atoms with Crippen molar-refractivity contribution >= 4 is 5.78 Å². The van der Waals surface area contributed by atoms with E-state index >= 15 is 0 Å². The van der Waals surface area contributed by atoms with Crippen LogP contribution in [0.4, 0.5) is 0 Å². The molecule has 20 heavy (non-hydrogen) atoms. The van der Waals surface area contributed by atoms with Gasteiger partial charge in [-0.3, -0.25) is 14.6 Å². The summed E-state index contributed by atoms with van der Waals surface area (Å²) >= 11 is 0. The number of hydrogen-bond acceptors (Lipinski definition) is 3. The molecule has 0 radical (unpaired) electrons. The van der Waals surface area contributed by atoms with E-state index in [9.17, 15) is 4.79 Å². The van der Waals surface area contributed by atoms with Gasteiger partial charge in [0.25, 0.3) is 0 Å². The molecule has 1 atom stereocenters. The molecule has 3 nitrogen and oxygen atoms in total. The van der Waals surface area contributed by atoms with Gasteiger partial charge in [-0.1, -0.05) is 38.1 Å². The van der Waals surface area contributed by atoms with Crippen molar-refractivity contribution in [3.05, 3.63) is 35.4 Å². The number of ketones is 1. The van der Waals surface area contributed by atoms with Crippen LogP contribution < -0.4 is 0 Å². The van der Waals surface area contributed by atoms with Gasteiger partial charge in [0.05, 0.1) is 6.04 Å². The lowest BCUT2D eigenvalue weighted by Gasteiger charge is -2.46. The van der Waals surface area contributed by atoms with Crippen LogP contribution in [0.2, 0.25) is 0 Å². The van der Waals surface area contributed by atoms with Crippen molar-refractivity contribution in [2.24, 2.45) is 0 Å². The Morgan fingerprint density at radius 3 is 2.30 bits per heavy atom. The summed E-state index contributed by atoms with van der Waals surface area (Å²) in [6.07, 6.45) is 0.577. The number of hydrogen-bond donors (Lipinski definition) is 0. The summed E-state index contributed by atoms with van der Waals surface area (Å²) in [5, 5.41) is 0. The highest BCUT2D eigenvalue weighted by Gasteiger charge is 2.35. The fourth-order valence-corrected chi connectivity index (χ4v) is 3.26. The first-order valence-corrected chi connectivity index (χ1v) is 7.71. The third-order valence-corrected chi connectivity index (χ3v) is 4.68. The number of carbonyl (C=O) groups is 1. The summed E-state index contributed by atoms with van der Waals surface area (Å²) in [6, 6.07) is 8.67. The number of carbonyl (C=O) groups excluding carboxylic acids is 1. The molecule has 1 unspecified atom stereocenters. The van der Waals surface area contributed by atoms with Crippen molar-refractivity contribution in [3.63, 3.8) is 0 Å². The zero-order chi connectivity index (χ0) is 14.1. The Hall–Kier alpha value is -1.19. The third kappa shape index (κ3) is 2.79. The predicted octanol–water partition coefficient (Wildman–Crippen LogP) is 1.92. The van der Waals surface area contributed by atoms with Gasteiger partial charge < -0.3 is 0 Å². The van der Waals surface area contributed by atoms with Crippen LogP contribution in [0.5, 0.6) is 0 Å². The van der Waals surface area contributed by atoms with Crippen LogP contribution in [0.3, 0.4) is 0 Å². The fraction of sp³-hybridized carbons (Fsp3) is 0.588. The van der Waals surface area contributed by atoms with Crippen molar-refractivity contribution in [2.45, 2.75) is 32.2 Å². The van der Waals surface area contributed by atoms with E-state index in [1.165, 1.54) is 5.56 Å². The normalized spacial score (nSPS) is 28.9. The number of nitrogens with zero attached hydrogens (tertiary/aromatic N) is 2. The third-order valence-electron chi connectivity index (χ3n) is 4.68. The largest absolute Gasteiger partial charge is 0.299 e. The molecule has 0 amide bonds. The highest BCUT2D eigenvalue weighted by atomic mass is 16.1. The second-order valence-corrected chi connectivity index (χ2v) is 6.39. The Labute approximate surface area is 121 Å². The van der Waals surface area contributed by atoms with Crippen LogP contribution in [0.25, 0.3) is 0 Å². The van der Waals surface area contributed by atoms with Gasteiger partial charge >= 0.3 is 0 Å². The highest BCUT2D eigenvalue weighted by molar-refractivity contribution is 5.86. The van der Waals surface area contributed by atoms with Gasteiger partial charge in [0.2, 0.25) is 0 Å². The summed E-state index contributed by atoms with van der Waals surface area (Å²) in [6.45, 7) is 9.70. The Morgan fingerprint density at radius 2 is 1.80 bits per heavy atom. The predicted molar refractivity (Wildman–Crippen MR) is 81.0 cm³/mol. The van der Waals surface area contributed by atoms with Crippen LogP contribution in [-0.2, 0) is 11.2 Å². The summed E-state index contributed by atoms with van der Waals surface area (Å²) in [4.78, 5) is 17.3. The van der Waals surface area contributed by atoms with Gasteiger partial charge in [-0.15, -0.1) is 0 Å². The van der Waals surface area contributed by atoms with Crippen molar-refractivity contribution in [1.29, 1.82) is 0 Å². The Morgan fingerprint density at radius 1 is 1.15 bits per heavy atom. The van der Waals surface area contributed by atoms with Gasteiger partial charge in [0, 0.05) is 39.1 Å². The first kappa shape index (κ1) is 13.8. The van der Waals surface area contributed by atoms with Crippen molar-refractivity contribution in [1.82, 2.24) is 9.80 Å². The number of Topliss-reactive ketones (excluding diaryl/α,β-unsaturated/α-hetero) is 1. The van der Waals surface area contributed by atoms with E-state index in [-0.39, 0.29) is 6.04 Å². The van der Waals surface area contributed by atoms with Gasteiger partial charge in [-0.2, -0.15) is 0 Å². The molecule has 3 heterocycles. The van der Waals surface area contributed by atoms with Crippen LogP contribution in [-0.4, -0.2) is 54.3 Å². The number of piperazine rings is 3. The van der Waals surface area contributed by atoms with Gasteiger partial charge in [0.15, 0.2) is 5.78 Å². The molecule has 0 aromatic heterocycles. The minimum absolute atomic E-state index is 0.127. The van der Waals surface area contributed by atoms with Crippen LogP contribution in [0.1, 0.15) is 30.9 Å². The molecule has 2 bridgehead atoms. The van der Waals surface area contributed by atoms with E-state index in [4.69, 9.17) is 0 Å². The van der Waals surface area contributed by atoms with Crippen LogP contribution >= 0.6 is 0 Å². The standard InChI is InChI=1S/C17H24N2O/c1-13(2)15-5-3-14(4-6-15)11-17(20)16-12-18-7-9-19(16)10-8-18/h3-6,13,16H,7-12H2,1-2H3. The molecule has 1 aromatic rings. The maximum Gasteiger partial charge on any atom is 0.155 e. The highest BCUT2D eigenvalue weighted by Crippen LogP contribution is 2.19. The SMILES string of the molecule is CC(C)c1ccc(CC(=O)C2CN3CCN2CC3)cc1. The molecule has 3 heteroatoms. The van der Waals surface area contributed by atoms with Gasteiger partial charge in [0.1, 0.15) is 0 Å². The van der Waals surface area contributed by atoms with Crippen molar-refractivity contribution in [3.8, 4) is 0 Å². The molecule has 3 saturated heterocycles. The van der Waals surface area contributed by atoms with Crippen molar-refractivity contribution in [2.75, 3.05) is 32.7 Å². The maximum absolute atomic E-state index is 12.5. The van der Waals surface area contributed by atoms with E-state index in [0.29, 0.717) is 18.1 Å². The lowest BCUT2D eigenvalue weighted by molar-refractivity contribution is -0.128. The van der Waals surface area contributed by atoms with Crippen LogP contribution in [0.15, 0.2) is 24.3 Å². The van der Waals surface area contributed by atoms with E-state index in [0.717, 1.165) is 38.3 Å². The quantitative estimate of drug-likeness (QED) is 0.836. The molecular formula is C17H24N2O. The van der Waals surface area contributed by atoms with Crippen molar-refractivity contribution < 1.29 is 4.79 Å². The number of benzene rings is 1. The van der Waals surface area contributed by atoms with E-state index in [2.05, 4.69) is 47.9 Å². The van der Waals surface area contributed by atoms with E-state index in [1.807, 2.05) is 0 Å². The number of rotatable bonds is 4. The molecule has 3 aliphatic heterocycles. The summed E-state index contributed by atoms with van der Waals surface area (Å²) in [5.41, 5.74) is 2.49. The average molecular weight is 272 g/mol. The summed E-state index contributed by atoms with van der Waals surface area (Å²) in [7, 11) is 0. The van der Waals surface area contributed by atoms with Gasteiger partial charge in [-0.05, 0) is 17.0 Å². The lowest BCUT2D eigenvalue weighted by atomic mass is 9.96. The maximum atomic E-state index is 12.5. The molecule has 4 rings (SSSR count). The second-order valence-electron chi connectivity index (χ2n) is 6.39. The summed E-state index contributed by atoms with van der Waals surface area (Å²) < 4.78 is 0. The second kappa shape index (κ2) is 5.66. The summed E-state index contributed by atoms with van der Waals surface area (Å²) in [5.74, 6) is 0.930. The zero-order valence-electron chi connectivity index (χ0n) is 12.5. The minimum atomic E-state index is 0.127. The minimum Gasteiger partial charge on any atom is -0.299 e. The Bertz CT molecular complexity index is 472. The molecule has 0 N–H and O–H groups in total. The fourth-order valence-electron chi connectivity index (χ4n) is 3.26. The zero-order valence-corrected chi connectivity index (χ0v) is 12.5. The first-order valence-electron chi connectivity index (χ1n) is 7.71. The van der Waals surface area contributed by atoms with Gasteiger partial charge in [-0.25, -0.2) is 0 Å². The van der Waals surface area contributed by atoms with E-state index in [1.54, 1.807) is 0 Å². The Kier molecular flexibility index (Phi) is 3.90.